The van der Waals surface area contributed by atoms with Crippen molar-refractivity contribution in [3.63, 3.8) is 0 Å². The van der Waals surface area contributed by atoms with E-state index in [2.05, 4.69) is 5.32 Å². The first-order chi connectivity index (χ1) is 10.6. The molecule has 0 spiro atoms. The van der Waals surface area contributed by atoms with E-state index in [1.165, 1.54) is 11.0 Å². The molecule has 0 aliphatic carbocycles. The minimum atomic E-state index is -0.736. The lowest BCUT2D eigenvalue weighted by molar-refractivity contribution is -0.433. The van der Waals surface area contributed by atoms with E-state index in [-0.39, 0.29) is 29.6 Å². The van der Waals surface area contributed by atoms with Crippen LogP contribution in [-0.4, -0.2) is 33.9 Å². The Balaban J connectivity index is 2.14. The molecule has 7 nitrogen and oxygen atoms in total. The fourth-order valence-electron chi connectivity index (χ4n) is 3.09. The van der Waals surface area contributed by atoms with Gasteiger partial charge < -0.3 is 10.4 Å². The normalized spacial score (nSPS) is 21.9. The summed E-state index contributed by atoms with van der Waals surface area (Å²) >= 11 is 0. The molecule has 1 aromatic rings. The molecule has 1 aromatic carbocycles. The number of carbonyl (C=O) groups excluding carboxylic acids is 1. The topological polar surface area (TPSA) is 95.7 Å². The van der Waals surface area contributed by atoms with Crippen molar-refractivity contribution in [2.24, 2.45) is 0 Å². The molecule has 0 radical (unpaired) electrons. The average Bonchev–Trinajstić information content (AvgIpc) is 2.73. The fraction of sp³-hybridized carbons (Fsp3) is 0.400. The van der Waals surface area contributed by atoms with E-state index < -0.39 is 10.8 Å². The highest BCUT2D eigenvalue weighted by Crippen LogP contribution is 2.39. The molecule has 1 fully saturated rings. The summed E-state index contributed by atoms with van der Waals surface area (Å²) < 4.78 is 0. The third kappa shape index (κ3) is 2.38. The molecule has 1 saturated heterocycles. The van der Waals surface area contributed by atoms with Crippen LogP contribution in [0.25, 0.3) is 0 Å². The maximum atomic E-state index is 12.4. The van der Waals surface area contributed by atoms with Gasteiger partial charge in [-0.3, -0.25) is 19.8 Å². The van der Waals surface area contributed by atoms with Crippen molar-refractivity contribution < 1.29 is 14.8 Å². The number of amides is 1. The zero-order valence-corrected chi connectivity index (χ0v) is 12.0. The van der Waals surface area contributed by atoms with Crippen molar-refractivity contribution in [3.05, 3.63) is 51.5 Å². The quantitative estimate of drug-likeness (QED) is 0.638. The summed E-state index contributed by atoms with van der Waals surface area (Å²) in [6.07, 6.45) is 1.67. The van der Waals surface area contributed by atoms with E-state index in [0.717, 1.165) is 12.8 Å². The van der Waals surface area contributed by atoms with Gasteiger partial charge in [-0.05, 0) is 18.9 Å². The minimum Gasteiger partial charge on any atom is -0.508 e. The standard InChI is InChI=1S/C15H17N3O4/c19-12-6-2-1-5-10(12)11-9-13(20)17-8-4-3-7-16-15(17)14(11)18(21)22/h1-2,5-6,11,16,19H,3-4,7-9H2. The molecule has 2 heterocycles. The average molecular weight is 303 g/mol. The van der Waals surface area contributed by atoms with Crippen LogP contribution in [0.15, 0.2) is 35.8 Å². The molecule has 0 saturated carbocycles. The van der Waals surface area contributed by atoms with Crippen LogP contribution in [0, 0.1) is 10.1 Å². The van der Waals surface area contributed by atoms with E-state index >= 15 is 0 Å². The maximum Gasteiger partial charge on any atom is 0.294 e. The number of rotatable bonds is 2. The van der Waals surface area contributed by atoms with Gasteiger partial charge in [-0.2, -0.15) is 0 Å². The van der Waals surface area contributed by atoms with E-state index in [0.29, 0.717) is 18.7 Å². The largest absolute Gasteiger partial charge is 0.508 e. The second kappa shape index (κ2) is 5.67. The number of phenols is 1. The van der Waals surface area contributed by atoms with E-state index in [1.54, 1.807) is 18.2 Å². The molecule has 1 unspecified atom stereocenters. The van der Waals surface area contributed by atoms with Gasteiger partial charge in [-0.25, -0.2) is 0 Å². The van der Waals surface area contributed by atoms with Gasteiger partial charge in [0, 0.05) is 25.1 Å². The molecule has 116 valence electrons. The Labute approximate surface area is 127 Å². The van der Waals surface area contributed by atoms with E-state index in [4.69, 9.17) is 0 Å². The van der Waals surface area contributed by atoms with Gasteiger partial charge in [0.15, 0.2) is 5.82 Å². The Hall–Kier alpha value is -2.57. The van der Waals surface area contributed by atoms with Gasteiger partial charge in [0.25, 0.3) is 5.70 Å². The molecule has 2 aliphatic heterocycles. The number of nitro groups is 1. The Morgan fingerprint density at radius 1 is 1.32 bits per heavy atom. The number of fused-ring (bicyclic) bond motifs is 1. The van der Waals surface area contributed by atoms with Crippen molar-refractivity contribution in [1.82, 2.24) is 10.2 Å². The third-order valence-corrected chi connectivity index (χ3v) is 4.13. The summed E-state index contributed by atoms with van der Waals surface area (Å²) in [5, 5.41) is 24.6. The van der Waals surface area contributed by atoms with Crippen LogP contribution in [0.1, 0.15) is 30.7 Å². The van der Waals surface area contributed by atoms with Crippen LogP contribution >= 0.6 is 0 Å². The number of nitrogens with zero attached hydrogens (tertiary/aromatic N) is 2. The van der Waals surface area contributed by atoms with Gasteiger partial charge in [-0.15, -0.1) is 0 Å². The zero-order valence-electron chi connectivity index (χ0n) is 12.0. The lowest BCUT2D eigenvalue weighted by Gasteiger charge is -2.31. The molecule has 1 atom stereocenters. The summed E-state index contributed by atoms with van der Waals surface area (Å²) in [7, 11) is 0. The van der Waals surface area contributed by atoms with Crippen LogP contribution in [0.2, 0.25) is 0 Å². The van der Waals surface area contributed by atoms with Gasteiger partial charge in [0.2, 0.25) is 5.91 Å². The fourth-order valence-corrected chi connectivity index (χ4v) is 3.09. The molecule has 0 bridgehead atoms. The predicted molar refractivity (Wildman–Crippen MR) is 78.4 cm³/mol. The molecule has 1 amide bonds. The number of hydrogen-bond donors (Lipinski definition) is 2. The number of benzene rings is 1. The summed E-state index contributed by atoms with van der Waals surface area (Å²) in [5.41, 5.74) is 0.378. The highest BCUT2D eigenvalue weighted by molar-refractivity contribution is 5.81. The van der Waals surface area contributed by atoms with Crippen molar-refractivity contribution >= 4 is 5.91 Å². The number of nitrogens with one attached hydrogen (secondary N) is 1. The molecule has 7 heteroatoms. The highest BCUT2D eigenvalue weighted by atomic mass is 16.6. The van der Waals surface area contributed by atoms with Crippen LogP contribution in [0.5, 0.6) is 5.75 Å². The summed E-state index contributed by atoms with van der Waals surface area (Å²) in [6.45, 7) is 1.09. The number of allylic oxidation sites excluding steroid dienone is 1. The van der Waals surface area contributed by atoms with Crippen LogP contribution in [-0.2, 0) is 4.79 Å². The molecule has 3 rings (SSSR count). The SMILES string of the molecule is O=C1CC(c2ccccc2O)C([N+](=O)[O-])=C2NCCCCN12. The predicted octanol–water partition coefficient (Wildman–Crippen LogP) is 1.54. The Morgan fingerprint density at radius 2 is 2.09 bits per heavy atom. The monoisotopic (exact) mass is 303 g/mol. The van der Waals surface area contributed by atoms with E-state index in [9.17, 15) is 20.0 Å². The Bertz CT molecular complexity index is 656. The van der Waals surface area contributed by atoms with Gasteiger partial charge in [-0.1, -0.05) is 18.2 Å². The lowest BCUT2D eigenvalue weighted by Crippen LogP contribution is -2.43. The summed E-state index contributed by atoms with van der Waals surface area (Å²) in [4.78, 5) is 25.0. The number of phenolic OH excluding ortho intramolecular Hbond substituents is 1. The summed E-state index contributed by atoms with van der Waals surface area (Å²) in [5.74, 6) is -0.627. The first kappa shape index (κ1) is 14.4. The second-order valence-corrected chi connectivity index (χ2v) is 5.49. The molecule has 2 N–H and O–H groups in total. The van der Waals surface area contributed by atoms with E-state index in [1.807, 2.05) is 0 Å². The van der Waals surface area contributed by atoms with Crippen molar-refractivity contribution in [2.75, 3.05) is 13.1 Å². The Kier molecular flexibility index (Phi) is 3.70. The van der Waals surface area contributed by atoms with Gasteiger partial charge in [0.1, 0.15) is 5.75 Å². The highest BCUT2D eigenvalue weighted by Gasteiger charge is 2.43. The number of para-hydroxylation sites is 1. The third-order valence-electron chi connectivity index (χ3n) is 4.13. The molecular formula is C15H17N3O4. The maximum absolute atomic E-state index is 12.4. The van der Waals surface area contributed by atoms with Crippen molar-refractivity contribution in [3.8, 4) is 5.75 Å². The number of aromatic hydroxyl groups is 1. The second-order valence-electron chi connectivity index (χ2n) is 5.49. The molecule has 0 aromatic heterocycles. The zero-order chi connectivity index (χ0) is 15.7. The minimum absolute atomic E-state index is 0.000926. The smallest absolute Gasteiger partial charge is 0.294 e. The molecule has 2 aliphatic rings. The van der Waals surface area contributed by atoms with Crippen LogP contribution < -0.4 is 5.32 Å². The van der Waals surface area contributed by atoms with Crippen LogP contribution in [0.4, 0.5) is 0 Å². The Morgan fingerprint density at radius 3 is 2.82 bits per heavy atom. The van der Waals surface area contributed by atoms with Crippen molar-refractivity contribution in [2.45, 2.75) is 25.2 Å². The first-order valence-electron chi connectivity index (χ1n) is 7.30. The first-order valence-corrected chi connectivity index (χ1v) is 7.30. The molecule has 22 heavy (non-hydrogen) atoms. The summed E-state index contributed by atoms with van der Waals surface area (Å²) in [6, 6.07) is 6.46. The molecular weight excluding hydrogens is 286 g/mol. The van der Waals surface area contributed by atoms with Crippen LogP contribution in [0.3, 0.4) is 0 Å². The number of hydrogen-bond acceptors (Lipinski definition) is 5. The lowest BCUT2D eigenvalue weighted by atomic mass is 9.88. The van der Waals surface area contributed by atoms with Gasteiger partial charge >= 0.3 is 0 Å². The number of carbonyl (C=O) groups is 1. The van der Waals surface area contributed by atoms with Gasteiger partial charge in [0.05, 0.1) is 10.8 Å². The van der Waals surface area contributed by atoms with Crippen molar-refractivity contribution in [1.29, 1.82) is 0 Å².